The van der Waals surface area contributed by atoms with Crippen molar-refractivity contribution >= 4 is 22.6 Å². The lowest BCUT2D eigenvalue weighted by atomic mass is 10.2. The molecule has 0 saturated heterocycles. The van der Waals surface area contributed by atoms with E-state index < -0.39 is 0 Å². The summed E-state index contributed by atoms with van der Waals surface area (Å²) in [6.45, 7) is 1.71. The second-order valence-electron chi connectivity index (χ2n) is 4.87. The minimum Gasteiger partial charge on any atom is -0.296 e. The molecule has 0 fully saturated rings. The fraction of sp³-hybridized carbons (Fsp3) is 0.188. The first kappa shape index (κ1) is 14.0. The van der Waals surface area contributed by atoms with Crippen LogP contribution in [0.15, 0.2) is 36.4 Å². The summed E-state index contributed by atoms with van der Waals surface area (Å²) in [5, 5.41) is 0. The Labute approximate surface area is 126 Å². The van der Waals surface area contributed by atoms with Crippen molar-refractivity contribution in [3.8, 4) is 5.69 Å². The lowest BCUT2D eigenvalue weighted by Gasteiger charge is -2.09. The molecule has 0 atom stereocenters. The van der Waals surface area contributed by atoms with Gasteiger partial charge in [-0.05, 0) is 36.8 Å². The van der Waals surface area contributed by atoms with Crippen molar-refractivity contribution in [2.75, 3.05) is 5.88 Å². The van der Waals surface area contributed by atoms with Crippen molar-refractivity contribution in [3.63, 3.8) is 0 Å². The van der Waals surface area contributed by atoms with Crippen LogP contribution >= 0.6 is 11.6 Å². The molecule has 5 heteroatoms. The van der Waals surface area contributed by atoms with Crippen LogP contribution in [0.3, 0.4) is 0 Å². The molecule has 21 heavy (non-hydrogen) atoms. The lowest BCUT2D eigenvalue weighted by molar-refractivity contribution is 0.617. The maximum absolute atomic E-state index is 13.8. The molecule has 2 nitrogen and oxygen atoms in total. The van der Waals surface area contributed by atoms with Gasteiger partial charge in [-0.15, -0.1) is 11.6 Å². The number of aromatic nitrogens is 2. The quantitative estimate of drug-likeness (QED) is 0.656. The summed E-state index contributed by atoms with van der Waals surface area (Å²) in [5.74, 6) is 0.446. The molecule has 0 spiro atoms. The van der Waals surface area contributed by atoms with Gasteiger partial charge in [0.15, 0.2) is 0 Å². The van der Waals surface area contributed by atoms with Crippen molar-refractivity contribution < 1.29 is 8.78 Å². The zero-order chi connectivity index (χ0) is 15.0. The minimum atomic E-state index is -0.348. The first-order chi connectivity index (χ1) is 10.1. The topological polar surface area (TPSA) is 17.8 Å². The highest BCUT2D eigenvalue weighted by Crippen LogP contribution is 2.24. The zero-order valence-electron chi connectivity index (χ0n) is 11.4. The van der Waals surface area contributed by atoms with Gasteiger partial charge < -0.3 is 0 Å². The highest BCUT2D eigenvalue weighted by molar-refractivity contribution is 6.17. The molecule has 0 aliphatic rings. The van der Waals surface area contributed by atoms with Crippen LogP contribution in [0.5, 0.6) is 0 Å². The average molecular weight is 307 g/mol. The maximum Gasteiger partial charge on any atom is 0.128 e. The van der Waals surface area contributed by atoms with Crippen molar-refractivity contribution in [1.82, 2.24) is 9.55 Å². The van der Waals surface area contributed by atoms with E-state index in [0.29, 0.717) is 34.9 Å². The number of hydrogen-bond acceptors (Lipinski definition) is 1. The van der Waals surface area contributed by atoms with E-state index in [2.05, 4.69) is 4.98 Å². The predicted molar refractivity (Wildman–Crippen MR) is 80.1 cm³/mol. The summed E-state index contributed by atoms with van der Waals surface area (Å²) in [5.41, 5.74) is 2.51. The van der Waals surface area contributed by atoms with Crippen LogP contribution in [0, 0.1) is 18.6 Å². The standard InChI is InChI=1S/C16H13ClF2N2/c1-10-2-4-12(9-13(10)19)21-15-5-3-11(18)8-14(15)20-16(21)6-7-17/h2-5,8-9H,6-7H2,1H3. The van der Waals surface area contributed by atoms with Crippen molar-refractivity contribution in [2.45, 2.75) is 13.3 Å². The van der Waals surface area contributed by atoms with E-state index in [1.54, 1.807) is 19.1 Å². The molecule has 0 amide bonds. The van der Waals surface area contributed by atoms with Gasteiger partial charge in [-0.1, -0.05) is 6.07 Å². The molecule has 0 unspecified atom stereocenters. The number of rotatable bonds is 3. The smallest absolute Gasteiger partial charge is 0.128 e. The van der Waals surface area contributed by atoms with Gasteiger partial charge >= 0.3 is 0 Å². The van der Waals surface area contributed by atoms with E-state index in [4.69, 9.17) is 11.6 Å². The number of fused-ring (bicyclic) bond motifs is 1. The first-order valence-electron chi connectivity index (χ1n) is 6.59. The number of alkyl halides is 1. The number of hydrogen-bond donors (Lipinski definition) is 0. The van der Waals surface area contributed by atoms with Gasteiger partial charge in [0.2, 0.25) is 0 Å². The van der Waals surface area contributed by atoms with Crippen LogP contribution in [0.1, 0.15) is 11.4 Å². The Balaban J connectivity index is 2.27. The molecule has 0 radical (unpaired) electrons. The Bertz CT molecular complexity index is 811. The minimum absolute atomic E-state index is 0.284. The van der Waals surface area contributed by atoms with Crippen molar-refractivity contribution in [2.24, 2.45) is 0 Å². The Morgan fingerprint density at radius 1 is 1.14 bits per heavy atom. The van der Waals surface area contributed by atoms with Gasteiger partial charge in [-0.25, -0.2) is 13.8 Å². The molecule has 108 valence electrons. The van der Waals surface area contributed by atoms with E-state index in [0.717, 1.165) is 5.52 Å². The van der Waals surface area contributed by atoms with Gasteiger partial charge in [-0.3, -0.25) is 4.57 Å². The Morgan fingerprint density at radius 3 is 2.67 bits per heavy atom. The molecule has 1 aromatic heterocycles. The Morgan fingerprint density at radius 2 is 1.95 bits per heavy atom. The summed E-state index contributed by atoms with van der Waals surface area (Å²) in [6, 6.07) is 9.37. The number of nitrogens with zero attached hydrogens (tertiary/aromatic N) is 2. The average Bonchev–Trinajstić information content (AvgIpc) is 2.79. The van der Waals surface area contributed by atoms with E-state index in [1.165, 1.54) is 18.2 Å². The van der Waals surface area contributed by atoms with Crippen molar-refractivity contribution in [3.05, 3.63) is 59.4 Å². The lowest BCUT2D eigenvalue weighted by Crippen LogP contribution is -2.03. The van der Waals surface area contributed by atoms with Gasteiger partial charge in [0, 0.05) is 18.4 Å². The van der Waals surface area contributed by atoms with Gasteiger partial charge in [0.05, 0.1) is 16.7 Å². The van der Waals surface area contributed by atoms with Crippen LogP contribution in [-0.4, -0.2) is 15.4 Å². The van der Waals surface area contributed by atoms with Crippen LogP contribution in [0.4, 0.5) is 8.78 Å². The Kier molecular flexibility index (Phi) is 3.64. The summed E-state index contributed by atoms with van der Waals surface area (Å²) in [6.07, 6.45) is 0.521. The van der Waals surface area contributed by atoms with Gasteiger partial charge in [0.25, 0.3) is 0 Å². The molecule has 0 N–H and O–H groups in total. The third kappa shape index (κ3) is 2.51. The first-order valence-corrected chi connectivity index (χ1v) is 7.13. The van der Waals surface area contributed by atoms with Gasteiger partial charge in [0.1, 0.15) is 17.5 Å². The summed E-state index contributed by atoms with van der Waals surface area (Å²) >= 11 is 5.81. The van der Waals surface area contributed by atoms with E-state index in [1.807, 2.05) is 10.6 Å². The SMILES string of the molecule is Cc1ccc(-n2c(CCCl)nc3cc(F)ccc32)cc1F. The third-order valence-electron chi connectivity index (χ3n) is 3.42. The highest BCUT2D eigenvalue weighted by atomic mass is 35.5. The largest absolute Gasteiger partial charge is 0.296 e. The van der Waals surface area contributed by atoms with Crippen LogP contribution in [0.2, 0.25) is 0 Å². The monoisotopic (exact) mass is 306 g/mol. The van der Waals surface area contributed by atoms with Crippen LogP contribution in [0.25, 0.3) is 16.7 Å². The molecule has 3 rings (SSSR count). The fourth-order valence-electron chi connectivity index (χ4n) is 2.36. The number of halogens is 3. The maximum atomic E-state index is 13.8. The number of imidazole rings is 1. The normalized spacial score (nSPS) is 11.2. The van der Waals surface area contributed by atoms with E-state index >= 15 is 0 Å². The fourth-order valence-corrected chi connectivity index (χ4v) is 2.53. The molecule has 0 saturated carbocycles. The zero-order valence-corrected chi connectivity index (χ0v) is 12.2. The van der Waals surface area contributed by atoms with E-state index in [9.17, 15) is 8.78 Å². The van der Waals surface area contributed by atoms with E-state index in [-0.39, 0.29) is 11.6 Å². The second kappa shape index (κ2) is 5.45. The van der Waals surface area contributed by atoms with Gasteiger partial charge in [-0.2, -0.15) is 0 Å². The van der Waals surface area contributed by atoms with Crippen LogP contribution < -0.4 is 0 Å². The molecule has 0 bridgehead atoms. The molecular formula is C16H13ClF2N2. The molecule has 0 aliphatic carbocycles. The molecule has 2 aromatic carbocycles. The van der Waals surface area contributed by atoms with Crippen LogP contribution in [-0.2, 0) is 6.42 Å². The molecular weight excluding hydrogens is 294 g/mol. The second-order valence-corrected chi connectivity index (χ2v) is 5.25. The predicted octanol–water partition coefficient (Wildman–Crippen LogP) is 4.39. The molecule has 0 aliphatic heterocycles. The molecule has 3 aromatic rings. The number of aryl methyl sites for hydroxylation is 2. The number of benzene rings is 2. The summed E-state index contributed by atoms with van der Waals surface area (Å²) in [4.78, 5) is 4.41. The summed E-state index contributed by atoms with van der Waals surface area (Å²) < 4.78 is 29.0. The third-order valence-corrected chi connectivity index (χ3v) is 3.61. The molecule has 1 heterocycles. The van der Waals surface area contributed by atoms with Crippen molar-refractivity contribution in [1.29, 1.82) is 0 Å². The summed E-state index contributed by atoms with van der Waals surface area (Å²) in [7, 11) is 0. The highest BCUT2D eigenvalue weighted by Gasteiger charge is 2.13. The Hall–Kier alpha value is -1.94.